The molecule has 0 bridgehead atoms. The van der Waals surface area contributed by atoms with Crippen LogP contribution in [0.2, 0.25) is 0 Å². The van der Waals surface area contributed by atoms with E-state index in [0.717, 1.165) is 31.0 Å². The molecule has 0 spiro atoms. The lowest BCUT2D eigenvalue weighted by Gasteiger charge is -2.13. The van der Waals surface area contributed by atoms with Gasteiger partial charge >= 0.3 is 0 Å². The predicted octanol–water partition coefficient (Wildman–Crippen LogP) is 3.38. The van der Waals surface area contributed by atoms with Crippen molar-refractivity contribution in [3.05, 3.63) is 53.3 Å². The van der Waals surface area contributed by atoms with E-state index in [0.29, 0.717) is 48.4 Å². The second kappa shape index (κ2) is 9.97. The van der Waals surface area contributed by atoms with Crippen LogP contribution in [0.4, 0.5) is 20.3 Å². The Morgan fingerprint density at radius 3 is 2.74 bits per heavy atom. The lowest BCUT2D eigenvalue weighted by atomic mass is 10.00. The summed E-state index contributed by atoms with van der Waals surface area (Å²) in [4.78, 5) is 18.9. The zero-order valence-electron chi connectivity index (χ0n) is 21.5. The predicted molar refractivity (Wildman–Crippen MR) is 136 cm³/mol. The molecule has 6 rings (SSSR count). The fourth-order valence-electron chi connectivity index (χ4n) is 4.89. The van der Waals surface area contributed by atoms with Crippen LogP contribution in [-0.4, -0.2) is 65.9 Å². The lowest BCUT2D eigenvalue weighted by Crippen LogP contribution is -2.26. The number of carbonyl (C=O) groups is 1. The molecule has 4 heterocycles. The summed E-state index contributed by atoms with van der Waals surface area (Å²) in [5, 5.41) is 28.2. The molecule has 1 amide bonds. The van der Waals surface area contributed by atoms with Crippen LogP contribution < -0.4 is 10.6 Å². The van der Waals surface area contributed by atoms with Crippen molar-refractivity contribution in [3.8, 4) is 11.5 Å². The van der Waals surface area contributed by atoms with Gasteiger partial charge < -0.3 is 20.2 Å². The SMILES string of the molecule is CC(C)c1c(-c2nnc(CN3CC[C@H](O)C3)o2)cn2ncnc(Nc3cc(C(=O)NC4CC4)c(F)cc3F)c12. The number of fused-ring (bicyclic) bond motifs is 1. The highest BCUT2D eigenvalue weighted by molar-refractivity contribution is 5.96. The molecule has 1 saturated heterocycles. The first-order valence-electron chi connectivity index (χ1n) is 12.9. The van der Waals surface area contributed by atoms with Crippen molar-refractivity contribution in [1.29, 1.82) is 0 Å². The number of β-amino-alcohol motifs (C(OH)–C–C–N with tert-alkyl or cyclic N) is 1. The van der Waals surface area contributed by atoms with Crippen molar-refractivity contribution in [2.24, 2.45) is 0 Å². The van der Waals surface area contributed by atoms with Gasteiger partial charge in [-0.15, -0.1) is 10.2 Å². The van der Waals surface area contributed by atoms with Crippen LogP contribution in [0.25, 0.3) is 17.0 Å². The number of anilines is 2. The molecule has 2 fully saturated rings. The van der Waals surface area contributed by atoms with E-state index in [9.17, 15) is 18.7 Å². The minimum Gasteiger partial charge on any atom is -0.419 e. The molecule has 39 heavy (non-hydrogen) atoms. The highest BCUT2D eigenvalue weighted by Crippen LogP contribution is 2.37. The molecule has 11 nitrogen and oxygen atoms in total. The van der Waals surface area contributed by atoms with E-state index in [1.807, 2.05) is 18.7 Å². The molecule has 1 aliphatic carbocycles. The number of hydrogen-bond donors (Lipinski definition) is 3. The van der Waals surface area contributed by atoms with E-state index in [-0.39, 0.29) is 35.1 Å². The minimum atomic E-state index is -0.937. The van der Waals surface area contributed by atoms with E-state index >= 15 is 0 Å². The molecule has 1 aromatic carbocycles. The summed E-state index contributed by atoms with van der Waals surface area (Å²) in [7, 11) is 0. The van der Waals surface area contributed by atoms with Crippen molar-refractivity contribution in [1.82, 2.24) is 35.0 Å². The highest BCUT2D eigenvalue weighted by atomic mass is 19.1. The molecule has 1 saturated carbocycles. The number of aliphatic hydroxyl groups excluding tert-OH is 1. The number of amides is 1. The fraction of sp³-hybridized carbons (Fsp3) is 0.423. The van der Waals surface area contributed by atoms with Crippen molar-refractivity contribution in [2.75, 3.05) is 18.4 Å². The fourth-order valence-corrected chi connectivity index (χ4v) is 4.89. The summed E-state index contributed by atoms with van der Waals surface area (Å²) in [5.74, 6) is -1.43. The highest BCUT2D eigenvalue weighted by Gasteiger charge is 2.28. The Morgan fingerprint density at radius 2 is 2.03 bits per heavy atom. The first-order valence-corrected chi connectivity index (χ1v) is 12.9. The van der Waals surface area contributed by atoms with E-state index in [1.165, 1.54) is 6.33 Å². The van der Waals surface area contributed by atoms with Gasteiger partial charge in [-0.1, -0.05) is 13.8 Å². The Hall–Kier alpha value is -3.97. The quantitative estimate of drug-likeness (QED) is 0.309. The second-order valence-corrected chi connectivity index (χ2v) is 10.4. The molecular formula is C26H28F2N8O3. The summed E-state index contributed by atoms with van der Waals surface area (Å²) in [6, 6.07) is 1.87. The molecule has 0 unspecified atom stereocenters. The lowest BCUT2D eigenvalue weighted by molar-refractivity contribution is 0.0947. The average Bonchev–Trinajstić information content (AvgIpc) is 3.25. The van der Waals surface area contributed by atoms with Gasteiger partial charge in [0.05, 0.1) is 29.5 Å². The zero-order valence-corrected chi connectivity index (χ0v) is 21.5. The van der Waals surface area contributed by atoms with Crippen LogP contribution in [0.3, 0.4) is 0 Å². The molecule has 2 aliphatic rings. The van der Waals surface area contributed by atoms with E-state index in [2.05, 4.69) is 30.9 Å². The van der Waals surface area contributed by atoms with Gasteiger partial charge in [0.2, 0.25) is 11.8 Å². The Balaban J connectivity index is 1.35. The van der Waals surface area contributed by atoms with Gasteiger partial charge in [0.25, 0.3) is 5.91 Å². The van der Waals surface area contributed by atoms with Gasteiger partial charge in [-0.3, -0.25) is 9.69 Å². The van der Waals surface area contributed by atoms with Crippen LogP contribution in [0.5, 0.6) is 0 Å². The number of aromatic nitrogens is 5. The third-order valence-corrected chi connectivity index (χ3v) is 6.96. The largest absolute Gasteiger partial charge is 0.419 e. The molecule has 3 aromatic heterocycles. The maximum atomic E-state index is 14.8. The number of halogens is 2. The monoisotopic (exact) mass is 538 g/mol. The normalized spacial score (nSPS) is 17.8. The van der Waals surface area contributed by atoms with E-state index in [4.69, 9.17) is 4.42 Å². The third kappa shape index (κ3) is 5.06. The Kier molecular flexibility index (Phi) is 6.47. The topological polar surface area (TPSA) is 134 Å². The van der Waals surface area contributed by atoms with Crippen molar-refractivity contribution >= 4 is 22.9 Å². The Morgan fingerprint density at radius 1 is 1.21 bits per heavy atom. The first-order chi connectivity index (χ1) is 18.8. The van der Waals surface area contributed by atoms with E-state index in [1.54, 1.807) is 10.7 Å². The van der Waals surface area contributed by atoms with Crippen LogP contribution >= 0.6 is 0 Å². The number of aliphatic hydroxyl groups is 1. The van der Waals surface area contributed by atoms with Crippen LogP contribution in [0, 0.1) is 11.6 Å². The number of nitrogens with one attached hydrogen (secondary N) is 2. The maximum Gasteiger partial charge on any atom is 0.254 e. The van der Waals surface area contributed by atoms with Crippen molar-refractivity contribution < 1.29 is 23.1 Å². The van der Waals surface area contributed by atoms with Gasteiger partial charge in [0, 0.05) is 31.4 Å². The smallest absolute Gasteiger partial charge is 0.254 e. The molecule has 0 radical (unpaired) electrons. The molecule has 13 heteroatoms. The summed E-state index contributed by atoms with van der Waals surface area (Å²) in [6.45, 7) is 5.70. The third-order valence-electron chi connectivity index (χ3n) is 6.96. The summed E-state index contributed by atoms with van der Waals surface area (Å²) in [5.41, 5.74) is 1.65. The van der Waals surface area contributed by atoms with Gasteiger partial charge in [-0.2, -0.15) is 5.10 Å². The molecule has 4 aromatic rings. The number of hydrogen-bond acceptors (Lipinski definition) is 9. The molecular weight excluding hydrogens is 510 g/mol. The number of likely N-dealkylation sites (tertiary alicyclic amines) is 1. The number of rotatable bonds is 8. The Bertz CT molecular complexity index is 1550. The standard InChI is InChI=1S/C26H28F2N8O3/c1-13(2)22-17(26-34-33-21(39-26)11-35-6-5-15(37)9-35)10-36-23(22)24(29-12-30-36)32-20-7-16(18(27)8-19(20)28)25(38)31-14-3-4-14/h7-8,10,12-15,37H,3-6,9,11H2,1-2H3,(H,31,38)(H,29,30,32)/t15-/m0/s1. The second-order valence-electron chi connectivity index (χ2n) is 10.4. The van der Waals surface area contributed by atoms with Gasteiger partial charge in [-0.05, 0) is 36.8 Å². The maximum absolute atomic E-state index is 14.8. The van der Waals surface area contributed by atoms with E-state index < -0.39 is 17.5 Å². The van der Waals surface area contributed by atoms with Crippen LogP contribution in [0.1, 0.15) is 60.8 Å². The molecule has 3 N–H and O–H groups in total. The number of benzene rings is 1. The molecule has 204 valence electrons. The van der Waals surface area contributed by atoms with Crippen LogP contribution in [0.15, 0.2) is 29.1 Å². The molecule has 1 atom stereocenters. The van der Waals surface area contributed by atoms with Crippen LogP contribution in [-0.2, 0) is 6.54 Å². The zero-order chi connectivity index (χ0) is 27.3. The summed E-state index contributed by atoms with van der Waals surface area (Å²) in [6.07, 6.45) is 5.09. The van der Waals surface area contributed by atoms with Crippen molar-refractivity contribution in [2.45, 2.75) is 57.7 Å². The Labute approximate surface area is 222 Å². The number of carbonyl (C=O) groups excluding carboxylic acids is 1. The number of nitrogens with zero attached hydrogens (tertiary/aromatic N) is 6. The van der Waals surface area contributed by atoms with Gasteiger partial charge in [0.15, 0.2) is 5.82 Å². The molecule has 1 aliphatic heterocycles. The summed E-state index contributed by atoms with van der Waals surface area (Å²) >= 11 is 0. The van der Waals surface area contributed by atoms with Gasteiger partial charge in [0.1, 0.15) is 23.5 Å². The van der Waals surface area contributed by atoms with Crippen molar-refractivity contribution in [3.63, 3.8) is 0 Å². The minimum absolute atomic E-state index is 0.0275. The first kappa shape index (κ1) is 25.3. The summed E-state index contributed by atoms with van der Waals surface area (Å²) < 4.78 is 36.9. The average molecular weight is 539 g/mol. The van der Waals surface area contributed by atoms with Gasteiger partial charge in [-0.25, -0.2) is 18.3 Å².